The molecule has 3 N–H and O–H groups in total. The summed E-state index contributed by atoms with van der Waals surface area (Å²) in [7, 11) is 1.39. The first-order valence-electron chi connectivity index (χ1n) is 2.94. The molecule has 4 nitrogen and oxygen atoms in total. The maximum atomic E-state index is 8.92. The first kappa shape index (κ1) is 7.53. The van der Waals surface area contributed by atoms with E-state index in [1.165, 1.54) is 19.2 Å². The quantitative estimate of drug-likeness (QED) is 0.526. The molecule has 1 rings (SSSR count). The lowest BCUT2D eigenvalue weighted by Crippen LogP contribution is -1.81. The van der Waals surface area contributed by atoms with Gasteiger partial charge in [0, 0.05) is 12.1 Å². The second kappa shape index (κ2) is 2.57. The Hall–Kier alpha value is -1.58. The zero-order valence-electron chi connectivity index (χ0n) is 5.90. The summed E-state index contributed by atoms with van der Waals surface area (Å²) in [5, 5.41) is 26.7. The van der Waals surface area contributed by atoms with Gasteiger partial charge in [0.05, 0.1) is 7.11 Å². The first-order valence-corrected chi connectivity index (χ1v) is 2.94. The summed E-state index contributed by atoms with van der Waals surface area (Å²) >= 11 is 0. The van der Waals surface area contributed by atoms with Crippen LogP contribution < -0.4 is 4.74 Å². The zero-order valence-corrected chi connectivity index (χ0v) is 5.90. The van der Waals surface area contributed by atoms with Crippen LogP contribution in [0.5, 0.6) is 23.0 Å². The molecule has 0 spiro atoms. The number of hydrogen-bond donors (Lipinski definition) is 3. The Kier molecular flexibility index (Phi) is 1.76. The monoisotopic (exact) mass is 156 g/mol. The highest BCUT2D eigenvalue weighted by Crippen LogP contribution is 2.37. The Morgan fingerprint density at radius 2 is 1.55 bits per heavy atom. The van der Waals surface area contributed by atoms with Crippen LogP contribution in [0, 0.1) is 0 Å². The second-order valence-corrected chi connectivity index (χ2v) is 2.01. The summed E-state index contributed by atoms with van der Waals surface area (Å²) in [6, 6.07) is 2.41. The van der Waals surface area contributed by atoms with Crippen LogP contribution in [0.15, 0.2) is 12.1 Å². The fraction of sp³-hybridized carbons (Fsp3) is 0.143. The van der Waals surface area contributed by atoms with E-state index in [-0.39, 0.29) is 5.75 Å². The van der Waals surface area contributed by atoms with Crippen molar-refractivity contribution in [3.05, 3.63) is 12.1 Å². The minimum Gasteiger partial charge on any atom is -0.504 e. The van der Waals surface area contributed by atoms with E-state index in [2.05, 4.69) is 0 Å². The van der Waals surface area contributed by atoms with Crippen molar-refractivity contribution >= 4 is 0 Å². The lowest BCUT2D eigenvalue weighted by molar-refractivity contribution is 0.356. The summed E-state index contributed by atoms with van der Waals surface area (Å²) in [4.78, 5) is 0. The largest absolute Gasteiger partial charge is 0.504 e. The van der Waals surface area contributed by atoms with Gasteiger partial charge in [-0.15, -0.1) is 0 Å². The maximum Gasteiger partial charge on any atom is 0.200 e. The summed E-state index contributed by atoms with van der Waals surface area (Å²) in [5.41, 5.74) is 0. The highest BCUT2D eigenvalue weighted by molar-refractivity contribution is 5.53. The Morgan fingerprint density at radius 1 is 1.09 bits per heavy atom. The molecule has 0 amide bonds. The summed E-state index contributed by atoms with van der Waals surface area (Å²) < 4.78 is 4.70. The SMILES string of the molecule is COc1cc(O)c(O)c(O)c1. The van der Waals surface area contributed by atoms with Crippen LogP contribution in [0.1, 0.15) is 0 Å². The number of ether oxygens (including phenoxy) is 1. The van der Waals surface area contributed by atoms with Crippen LogP contribution in [0.2, 0.25) is 0 Å². The molecule has 0 atom stereocenters. The van der Waals surface area contributed by atoms with Gasteiger partial charge in [0.1, 0.15) is 5.75 Å². The maximum absolute atomic E-state index is 8.92. The van der Waals surface area contributed by atoms with E-state index in [9.17, 15) is 0 Å². The minimum atomic E-state index is -0.536. The zero-order chi connectivity index (χ0) is 8.43. The van der Waals surface area contributed by atoms with Crippen molar-refractivity contribution in [3.8, 4) is 23.0 Å². The predicted octanol–water partition coefficient (Wildman–Crippen LogP) is 0.812. The molecule has 60 valence electrons. The second-order valence-electron chi connectivity index (χ2n) is 2.01. The van der Waals surface area contributed by atoms with E-state index >= 15 is 0 Å². The van der Waals surface area contributed by atoms with Gasteiger partial charge in [-0.3, -0.25) is 0 Å². The summed E-state index contributed by atoms with van der Waals surface area (Å²) in [6.07, 6.45) is 0. The van der Waals surface area contributed by atoms with Gasteiger partial charge >= 0.3 is 0 Å². The van der Waals surface area contributed by atoms with E-state index in [1.807, 2.05) is 0 Å². The van der Waals surface area contributed by atoms with Gasteiger partial charge in [0.15, 0.2) is 11.5 Å². The third kappa shape index (κ3) is 1.29. The van der Waals surface area contributed by atoms with Gasteiger partial charge in [0.25, 0.3) is 0 Å². The fourth-order valence-corrected chi connectivity index (χ4v) is 0.697. The Balaban J connectivity index is 3.21. The molecule has 1 aromatic carbocycles. The van der Waals surface area contributed by atoms with Gasteiger partial charge < -0.3 is 20.1 Å². The molecule has 4 heteroatoms. The molecule has 0 saturated carbocycles. The van der Waals surface area contributed by atoms with Crippen molar-refractivity contribution < 1.29 is 20.1 Å². The Bertz CT molecular complexity index is 246. The number of methoxy groups -OCH3 is 1. The average Bonchev–Trinajstić information content (AvgIpc) is 1.99. The molecule has 0 bridgehead atoms. The van der Waals surface area contributed by atoms with Crippen molar-refractivity contribution in [2.24, 2.45) is 0 Å². The average molecular weight is 156 g/mol. The van der Waals surface area contributed by atoms with Crippen molar-refractivity contribution in [1.29, 1.82) is 0 Å². The van der Waals surface area contributed by atoms with Gasteiger partial charge in [-0.1, -0.05) is 0 Å². The fourth-order valence-electron chi connectivity index (χ4n) is 0.697. The number of rotatable bonds is 1. The summed E-state index contributed by atoms with van der Waals surface area (Å²) in [5.74, 6) is -1.05. The lowest BCUT2D eigenvalue weighted by atomic mass is 10.3. The minimum absolute atomic E-state index is 0.290. The normalized spacial score (nSPS) is 9.55. The van der Waals surface area contributed by atoms with Gasteiger partial charge in [-0.2, -0.15) is 0 Å². The van der Waals surface area contributed by atoms with Gasteiger partial charge in [-0.25, -0.2) is 0 Å². The van der Waals surface area contributed by atoms with Crippen molar-refractivity contribution in [3.63, 3.8) is 0 Å². The molecule has 0 aliphatic heterocycles. The molecular weight excluding hydrogens is 148 g/mol. The predicted molar refractivity (Wildman–Crippen MR) is 38.0 cm³/mol. The van der Waals surface area contributed by atoms with Crippen molar-refractivity contribution in [1.82, 2.24) is 0 Å². The lowest BCUT2D eigenvalue weighted by Gasteiger charge is -2.03. The number of benzene rings is 1. The number of hydrogen-bond acceptors (Lipinski definition) is 4. The summed E-state index contributed by atoms with van der Waals surface area (Å²) in [6.45, 7) is 0. The third-order valence-corrected chi connectivity index (χ3v) is 1.28. The molecular formula is C7H8O4. The highest BCUT2D eigenvalue weighted by Gasteiger charge is 2.07. The standard InChI is InChI=1S/C7H8O4/c1-11-4-2-5(8)7(10)6(9)3-4/h2-3,8-10H,1H3. The van der Waals surface area contributed by atoms with Crippen LogP contribution in [0.25, 0.3) is 0 Å². The van der Waals surface area contributed by atoms with Crippen LogP contribution in [-0.2, 0) is 0 Å². The van der Waals surface area contributed by atoms with Crippen LogP contribution in [-0.4, -0.2) is 22.4 Å². The van der Waals surface area contributed by atoms with Crippen LogP contribution in [0.3, 0.4) is 0 Å². The molecule has 0 fully saturated rings. The van der Waals surface area contributed by atoms with E-state index < -0.39 is 17.2 Å². The molecule has 0 aliphatic rings. The van der Waals surface area contributed by atoms with E-state index in [4.69, 9.17) is 20.1 Å². The molecule has 0 saturated heterocycles. The number of aromatic hydroxyl groups is 3. The third-order valence-electron chi connectivity index (χ3n) is 1.28. The number of phenolic OH excluding ortho intramolecular Hbond substituents is 3. The van der Waals surface area contributed by atoms with E-state index in [0.29, 0.717) is 0 Å². The molecule has 1 aromatic rings. The molecule has 0 unspecified atom stereocenters. The first-order chi connectivity index (χ1) is 5.15. The molecule has 0 radical (unpaired) electrons. The Labute approximate surface area is 63.3 Å². The smallest absolute Gasteiger partial charge is 0.200 e. The molecule has 11 heavy (non-hydrogen) atoms. The van der Waals surface area contributed by atoms with Gasteiger partial charge in [-0.05, 0) is 0 Å². The van der Waals surface area contributed by atoms with Crippen molar-refractivity contribution in [2.45, 2.75) is 0 Å². The van der Waals surface area contributed by atoms with Gasteiger partial charge in [0.2, 0.25) is 5.75 Å². The van der Waals surface area contributed by atoms with E-state index in [1.54, 1.807) is 0 Å². The molecule has 0 heterocycles. The Morgan fingerprint density at radius 3 is 1.91 bits per heavy atom. The topological polar surface area (TPSA) is 69.9 Å². The molecule has 0 aromatic heterocycles. The highest BCUT2D eigenvalue weighted by atomic mass is 16.5. The molecule has 0 aliphatic carbocycles. The van der Waals surface area contributed by atoms with E-state index in [0.717, 1.165) is 0 Å². The van der Waals surface area contributed by atoms with Crippen LogP contribution >= 0.6 is 0 Å². The van der Waals surface area contributed by atoms with Crippen molar-refractivity contribution in [2.75, 3.05) is 7.11 Å². The van der Waals surface area contributed by atoms with Crippen LogP contribution in [0.4, 0.5) is 0 Å². The number of phenols is 3.